The van der Waals surface area contributed by atoms with E-state index in [1.54, 1.807) is 24.7 Å². The fourth-order valence-electron chi connectivity index (χ4n) is 0.969. The van der Waals surface area contributed by atoms with E-state index in [9.17, 15) is 0 Å². The molecule has 4 heteroatoms. The monoisotopic (exact) mass is 160 g/mol. The van der Waals surface area contributed by atoms with Gasteiger partial charge in [-0.1, -0.05) is 0 Å². The topological polar surface area (TPSA) is 67.6 Å². The number of aromatic nitrogens is 3. The van der Waals surface area contributed by atoms with Crippen LogP contribution in [0.3, 0.4) is 0 Å². The smallest absolute Gasteiger partial charge is 0.138 e. The van der Waals surface area contributed by atoms with Gasteiger partial charge in [-0.25, -0.2) is 9.97 Å². The van der Waals surface area contributed by atoms with Crippen molar-refractivity contribution in [1.82, 2.24) is 15.0 Å². The van der Waals surface area contributed by atoms with Crippen LogP contribution in [0.2, 0.25) is 0 Å². The summed E-state index contributed by atoms with van der Waals surface area (Å²) in [7, 11) is 0. The van der Waals surface area contributed by atoms with Crippen molar-refractivity contribution in [3.8, 4) is 11.4 Å². The lowest BCUT2D eigenvalue weighted by Gasteiger charge is -1.95. The lowest BCUT2D eigenvalue weighted by Crippen LogP contribution is -1.89. The minimum atomic E-state index is 0.519. The Balaban J connectivity index is 2.43. The van der Waals surface area contributed by atoms with Crippen LogP contribution in [0, 0.1) is 0 Å². The van der Waals surface area contributed by atoms with Crippen molar-refractivity contribution in [2.75, 3.05) is 5.73 Å². The average molecular weight is 160 g/mol. The molecule has 3 N–H and O–H groups in total. The SMILES string of the molecule is Nc1ccc(-c2ncc[nH]2)cn1. The number of nitrogens with two attached hydrogens (primary N) is 1. The summed E-state index contributed by atoms with van der Waals surface area (Å²) in [5.74, 6) is 1.33. The van der Waals surface area contributed by atoms with E-state index in [-0.39, 0.29) is 0 Å². The van der Waals surface area contributed by atoms with Crippen LogP contribution in [-0.4, -0.2) is 15.0 Å². The van der Waals surface area contributed by atoms with Gasteiger partial charge in [0, 0.05) is 24.2 Å². The van der Waals surface area contributed by atoms with Crippen LogP contribution < -0.4 is 5.73 Å². The number of aromatic amines is 1. The zero-order valence-corrected chi connectivity index (χ0v) is 6.36. The standard InChI is InChI=1S/C8H8N4/c9-7-2-1-6(5-12-7)8-10-3-4-11-8/h1-5H,(H2,9,12)(H,10,11). The first-order valence-corrected chi connectivity index (χ1v) is 3.57. The second kappa shape index (κ2) is 2.65. The molecule has 0 aromatic carbocycles. The van der Waals surface area contributed by atoms with E-state index in [1.807, 2.05) is 6.07 Å². The minimum absolute atomic E-state index is 0.519. The highest BCUT2D eigenvalue weighted by Gasteiger charge is 1.97. The number of hydrogen-bond acceptors (Lipinski definition) is 3. The van der Waals surface area contributed by atoms with E-state index in [0.717, 1.165) is 11.4 Å². The summed E-state index contributed by atoms with van der Waals surface area (Å²) in [5, 5.41) is 0. The molecule has 0 aliphatic carbocycles. The number of imidazole rings is 1. The lowest BCUT2D eigenvalue weighted by atomic mass is 10.3. The fraction of sp³-hybridized carbons (Fsp3) is 0. The second-order valence-corrected chi connectivity index (χ2v) is 2.41. The molecular weight excluding hydrogens is 152 g/mol. The summed E-state index contributed by atoms with van der Waals surface area (Å²) in [4.78, 5) is 11.0. The molecule has 0 aliphatic heterocycles. The van der Waals surface area contributed by atoms with Crippen LogP contribution in [0.15, 0.2) is 30.7 Å². The van der Waals surface area contributed by atoms with Crippen molar-refractivity contribution < 1.29 is 0 Å². The molecule has 0 spiro atoms. The molecule has 0 fully saturated rings. The third-order valence-corrected chi connectivity index (χ3v) is 1.56. The molecule has 2 aromatic heterocycles. The summed E-state index contributed by atoms with van der Waals surface area (Å²) >= 11 is 0. The maximum atomic E-state index is 5.44. The summed E-state index contributed by atoms with van der Waals surface area (Å²) < 4.78 is 0. The Morgan fingerprint density at radius 1 is 1.25 bits per heavy atom. The van der Waals surface area contributed by atoms with Gasteiger partial charge >= 0.3 is 0 Å². The van der Waals surface area contributed by atoms with Crippen molar-refractivity contribution in [3.05, 3.63) is 30.7 Å². The number of nitrogens with zero attached hydrogens (tertiary/aromatic N) is 2. The third-order valence-electron chi connectivity index (χ3n) is 1.56. The van der Waals surface area contributed by atoms with Crippen molar-refractivity contribution >= 4 is 5.82 Å². The second-order valence-electron chi connectivity index (χ2n) is 2.41. The minimum Gasteiger partial charge on any atom is -0.384 e. The van der Waals surface area contributed by atoms with Gasteiger partial charge in [0.15, 0.2) is 0 Å². The van der Waals surface area contributed by atoms with Gasteiger partial charge in [0.2, 0.25) is 0 Å². The van der Waals surface area contributed by atoms with Crippen LogP contribution >= 0.6 is 0 Å². The summed E-state index contributed by atoms with van der Waals surface area (Å²) in [6.45, 7) is 0. The average Bonchev–Trinajstić information content (AvgIpc) is 2.58. The fourth-order valence-corrected chi connectivity index (χ4v) is 0.969. The van der Waals surface area contributed by atoms with Crippen molar-refractivity contribution in [3.63, 3.8) is 0 Å². The number of nitrogens with one attached hydrogen (secondary N) is 1. The Kier molecular flexibility index (Phi) is 1.51. The van der Waals surface area contributed by atoms with E-state index in [1.165, 1.54) is 0 Å². The Morgan fingerprint density at radius 3 is 2.75 bits per heavy atom. The summed E-state index contributed by atoms with van der Waals surface area (Å²) in [6.07, 6.45) is 5.16. The van der Waals surface area contributed by atoms with Crippen LogP contribution in [0.1, 0.15) is 0 Å². The van der Waals surface area contributed by atoms with Gasteiger partial charge in [0.05, 0.1) is 0 Å². The molecule has 0 bridgehead atoms. The van der Waals surface area contributed by atoms with Gasteiger partial charge < -0.3 is 10.7 Å². The zero-order chi connectivity index (χ0) is 8.39. The number of rotatable bonds is 1. The van der Waals surface area contributed by atoms with E-state index in [2.05, 4.69) is 15.0 Å². The highest BCUT2D eigenvalue weighted by Crippen LogP contribution is 2.12. The van der Waals surface area contributed by atoms with E-state index >= 15 is 0 Å². The molecule has 60 valence electrons. The normalized spacial score (nSPS) is 10.0. The predicted octanol–water partition coefficient (Wildman–Crippen LogP) is 1.05. The van der Waals surface area contributed by atoms with Crippen LogP contribution in [0.25, 0.3) is 11.4 Å². The molecule has 0 saturated heterocycles. The van der Waals surface area contributed by atoms with Gasteiger partial charge in [-0.2, -0.15) is 0 Å². The maximum absolute atomic E-state index is 5.44. The highest BCUT2D eigenvalue weighted by atomic mass is 14.9. The van der Waals surface area contributed by atoms with Crippen LogP contribution in [0.4, 0.5) is 5.82 Å². The van der Waals surface area contributed by atoms with E-state index in [4.69, 9.17) is 5.73 Å². The Labute approximate surface area is 69.5 Å². The van der Waals surface area contributed by atoms with Crippen LogP contribution in [0.5, 0.6) is 0 Å². The van der Waals surface area contributed by atoms with Gasteiger partial charge in [-0.15, -0.1) is 0 Å². The first-order valence-electron chi connectivity index (χ1n) is 3.57. The van der Waals surface area contributed by atoms with Gasteiger partial charge in [0.25, 0.3) is 0 Å². The molecule has 0 saturated carbocycles. The number of nitrogen functional groups attached to an aromatic ring is 1. The van der Waals surface area contributed by atoms with Crippen molar-refractivity contribution in [2.24, 2.45) is 0 Å². The van der Waals surface area contributed by atoms with Gasteiger partial charge in [-0.3, -0.25) is 0 Å². The molecule has 0 radical (unpaired) electrons. The Bertz CT molecular complexity index is 349. The number of pyridine rings is 1. The maximum Gasteiger partial charge on any atom is 0.138 e. The quantitative estimate of drug-likeness (QED) is 0.655. The molecule has 0 amide bonds. The first kappa shape index (κ1) is 6.84. The molecule has 2 rings (SSSR count). The highest BCUT2D eigenvalue weighted by molar-refractivity contribution is 5.54. The number of H-pyrrole nitrogens is 1. The largest absolute Gasteiger partial charge is 0.384 e. The molecule has 0 unspecified atom stereocenters. The molecule has 2 heterocycles. The summed E-state index contributed by atoms with van der Waals surface area (Å²) in [6, 6.07) is 3.62. The van der Waals surface area contributed by atoms with Crippen LogP contribution in [-0.2, 0) is 0 Å². The predicted molar refractivity (Wildman–Crippen MR) is 46.2 cm³/mol. The van der Waals surface area contributed by atoms with Crippen molar-refractivity contribution in [2.45, 2.75) is 0 Å². The van der Waals surface area contributed by atoms with E-state index < -0.39 is 0 Å². The Hall–Kier alpha value is -1.84. The van der Waals surface area contributed by atoms with Gasteiger partial charge in [0.1, 0.15) is 11.6 Å². The molecule has 2 aromatic rings. The molecule has 12 heavy (non-hydrogen) atoms. The third kappa shape index (κ3) is 1.14. The number of hydrogen-bond donors (Lipinski definition) is 2. The van der Waals surface area contributed by atoms with Crippen molar-refractivity contribution in [1.29, 1.82) is 0 Å². The van der Waals surface area contributed by atoms with E-state index in [0.29, 0.717) is 5.82 Å². The zero-order valence-electron chi connectivity index (χ0n) is 6.36. The number of anilines is 1. The molecule has 0 atom stereocenters. The first-order chi connectivity index (χ1) is 5.86. The molecule has 0 aliphatic rings. The molecule has 4 nitrogen and oxygen atoms in total. The summed E-state index contributed by atoms with van der Waals surface area (Å²) in [5.41, 5.74) is 6.38. The lowest BCUT2D eigenvalue weighted by molar-refractivity contribution is 1.27. The molecular formula is C8H8N4. The Morgan fingerprint density at radius 2 is 2.17 bits per heavy atom. The van der Waals surface area contributed by atoms with Gasteiger partial charge in [-0.05, 0) is 12.1 Å².